The third-order valence-corrected chi connectivity index (χ3v) is 5.67. The highest BCUT2D eigenvalue weighted by molar-refractivity contribution is 5.82. The molecule has 0 aromatic rings. The van der Waals surface area contributed by atoms with Crippen LogP contribution in [0.25, 0.3) is 0 Å². The molecule has 23 heavy (non-hydrogen) atoms. The average molecular weight is 329 g/mol. The van der Waals surface area contributed by atoms with E-state index in [1.165, 1.54) is 19.3 Å². The Morgan fingerprint density at radius 3 is 2.74 bits per heavy atom. The average Bonchev–Trinajstić information content (AvgIpc) is 2.89. The molecule has 1 N–H and O–H groups in total. The molecule has 3 aliphatic heterocycles. The summed E-state index contributed by atoms with van der Waals surface area (Å²) in [6, 6.07) is -0.0670. The normalized spacial score (nSPS) is 35.4. The lowest BCUT2D eigenvalue weighted by Gasteiger charge is -2.40. The van der Waals surface area contributed by atoms with Crippen LogP contribution in [0.15, 0.2) is 0 Å². The molecule has 0 spiro atoms. The van der Waals surface area contributed by atoms with Crippen molar-refractivity contribution in [3.05, 3.63) is 0 Å². The minimum Gasteiger partial charge on any atom is -0.341 e. The van der Waals surface area contributed by atoms with Gasteiger partial charge in [-0.2, -0.15) is 0 Å². The zero-order valence-electron chi connectivity index (χ0n) is 14.1. The first kappa shape index (κ1) is 17.1. The van der Waals surface area contributed by atoms with Gasteiger partial charge in [-0.05, 0) is 45.1 Å². The first-order valence-corrected chi connectivity index (χ1v) is 9.09. The smallest absolute Gasteiger partial charge is 0.262 e. The largest absolute Gasteiger partial charge is 0.341 e. The number of carbonyl (C=O) groups excluding carboxylic acids is 1. The number of piperidine rings is 2. The van der Waals surface area contributed by atoms with Gasteiger partial charge in [-0.15, -0.1) is 0 Å². The molecule has 3 fully saturated rings. The first-order valence-electron chi connectivity index (χ1n) is 9.09. The number of alkyl halides is 2. The van der Waals surface area contributed by atoms with Gasteiger partial charge in [0, 0.05) is 32.1 Å². The summed E-state index contributed by atoms with van der Waals surface area (Å²) in [6.07, 6.45) is 5.62. The van der Waals surface area contributed by atoms with Crippen LogP contribution in [0.5, 0.6) is 0 Å². The van der Waals surface area contributed by atoms with Crippen LogP contribution in [0.4, 0.5) is 8.78 Å². The zero-order valence-corrected chi connectivity index (χ0v) is 14.1. The van der Waals surface area contributed by atoms with Crippen LogP contribution < -0.4 is 5.32 Å². The second-order valence-corrected chi connectivity index (χ2v) is 7.63. The number of carbonyl (C=O) groups is 1. The second kappa shape index (κ2) is 7.01. The predicted octanol–water partition coefficient (Wildman–Crippen LogP) is 2.10. The van der Waals surface area contributed by atoms with Crippen LogP contribution in [0.1, 0.15) is 45.4 Å². The van der Waals surface area contributed by atoms with Crippen molar-refractivity contribution in [2.45, 2.75) is 63.5 Å². The maximum Gasteiger partial charge on any atom is 0.262 e. The lowest BCUT2D eigenvalue weighted by Crippen LogP contribution is -2.50. The molecule has 3 atom stereocenters. The Kier molecular flexibility index (Phi) is 5.21. The number of halogens is 2. The van der Waals surface area contributed by atoms with E-state index in [2.05, 4.69) is 17.1 Å². The van der Waals surface area contributed by atoms with Gasteiger partial charge in [0.05, 0.1) is 12.6 Å². The number of nitrogens with one attached hydrogen (secondary N) is 1. The monoisotopic (exact) mass is 329 g/mol. The van der Waals surface area contributed by atoms with Crippen molar-refractivity contribution in [1.29, 1.82) is 0 Å². The molecule has 0 radical (unpaired) electrons. The van der Waals surface area contributed by atoms with E-state index in [0.717, 1.165) is 32.5 Å². The summed E-state index contributed by atoms with van der Waals surface area (Å²) in [6.45, 7) is 5.56. The van der Waals surface area contributed by atoms with Gasteiger partial charge < -0.3 is 9.80 Å². The van der Waals surface area contributed by atoms with Gasteiger partial charge in [-0.3, -0.25) is 10.1 Å². The number of rotatable bonds is 3. The molecule has 3 heterocycles. The van der Waals surface area contributed by atoms with E-state index in [9.17, 15) is 13.6 Å². The van der Waals surface area contributed by atoms with E-state index in [1.807, 2.05) is 4.90 Å². The number of hydrogen-bond acceptors (Lipinski definition) is 3. The summed E-state index contributed by atoms with van der Waals surface area (Å²) < 4.78 is 26.6. The van der Waals surface area contributed by atoms with Gasteiger partial charge in [0.1, 0.15) is 0 Å². The highest BCUT2D eigenvalue weighted by Crippen LogP contribution is 2.28. The summed E-state index contributed by atoms with van der Waals surface area (Å²) in [5, 5.41) is 2.70. The minimum absolute atomic E-state index is 0.126. The standard InChI is InChI=1S/C17H29F2N3O/c1-13-5-2-3-7-21(13)10-14-6-4-8-22(11-14)16(23)15-9-17(18,19)12-20-15/h13-15,20H,2-12H2,1H3. The van der Waals surface area contributed by atoms with Gasteiger partial charge in [-0.1, -0.05) is 6.42 Å². The minimum atomic E-state index is -2.74. The zero-order chi connectivity index (χ0) is 16.4. The summed E-state index contributed by atoms with van der Waals surface area (Å²) in [5.74, 6) is -2.38. The fourth-order valence-corrected chi connectivity index (χ4v) is 4.29. The highest BCUT2D eigenvalue weighted by Gasteiger charge is 2.44. The van der Waals surface area contributed by atoms with Crippen molar-refractivity contribution in [3.63, 3.8) is 0 Å². The Bertz CT molecular complexity index is 432. The van der Waals surface area contributed by atoms with Crippen molar-refractivity contribution in [3.8, 4) is 0 Å². The summed E-state index contributed by atoms with van der Waals surface area (Å²) in [5.41, 5.74) is 0. The molecule has 4 nitrogen and oxygen atoms in total. The van der Waals surface area contributed by atoms with Crippen LogP contribution in [-0.4, -0.2) is 66.4 Å². The van der Waals surface area contributed by atoms with Crippen LogP contribution in [0.2, 0.25) is 0 Å². The molecule has 3 rings (SSSR count). The Labute approximate surface area is 137 Å². The van der Waals surface area contributed by atoms with E-state index in [0.29, 0.717) is 18.5 Å². The fourth-order valence-electron chi connectivity index (χ4n) is 4.29. The Hall–Kier alpha value is -0.750. The van der Waals surface area contributed by atoms with Gasteiger partial charge in [0.25, 0.3) is 5.92 Å². The molecule has 1 amide bonds. The molecule has 3 aliphatic rings. The number of likely N-dealkylation sites (tertiary alicyclic amines) is 2. The summed E-state index contributed by atoms with van der Waals surface area (Å²) in [4.78, 5) is 16.9. The predicted molar refractivity (Wildman–Crippen MR) is 85.5 cm³/mol. The highest BCUT2D eigenvalue weighted by atomic mass is 19.3. The van der Waals surface area contributed by atoms with Crippen LogP contribution >= 0.6 is 0 Å². The second-order valence-electron chi connectivity index (χ2n) is 7.63. The molecule has 0 bridgehead atoms. The molecule has 6 heteroatoms. The molecule has 3 unspecified atom stereocenters. The van der Waals surface area contributed by atoms with Crippen LogP contribution in [-0.2, 0) is 4.79 Å². The van der Waals surface area contributed by atoms with Crippen molar-refractivity contribution in [2.24, 2.45) is 5.92 Å². The number of amides is 1. The molecule has 0 saturated carbocycles. The molecule has 0 aromatic carbocycles. The van der Waals surface area contributed by atoms with Crippen LogP contribution in [0.3, 0.4) is 0 Å². The third kappa shape index (κ3) is 4.21. The van der Waals surface area contributed by atoms with Crippen molar-refractivity contribution < 1.29 is 13.6 Å². The van der Waals surface area contributed by atoms with Gasteiger partial charge in [-0.25, -0.2) is 8.78 Å². The van der Waals surface area contributed by atoms with E-state index in [1.54, 1.807) is 0 Å². The molecular formula is C17H29F2N3O. The van der Waals surface area contributed by atoms with Gasteiger partial charge in [0.15, 0.2) is 0 Å². The Balaban J connectivity index is 1.52. The fraction of sp³-hybridized carbons (Fsp3) is 0.941. The quantitative estimate of drug-likeness (QED) is 0.861. The topological polar surface area (TPSA) is 35.6 Å². The molecule has 132 valence electrons. The Morgan fingerprint density at radius 2 is 2.04 bits per heavy atom. The maximum atomic E-state index is 13.3. The van der Waals surface area contributed by atoms with Crippen molar-refractivity contribution >= 4 is 5.91 Å². The number of nitrogens with zero attached hydrogens (tertiary/aromatic N) is 2. The van der Waals surface area contributed by atoms with E-state index in [-0.39, 0.29) is 18.9 Å². The lowest BCUT2D eigenvalue weighted by atomic mass is 9.94. The first-order chi connectivity index (χ1) is 10.9. The van der Waals surface area contributed by atoms with Crippen LogP contribution in [0, 0.1) is 5.92 Å². The summed E-state index contributed by atoms with van der Waals surface area (Å²) in [7, 11) is 0. The molecular weight excluding hydrogens is 300 g/mol. The summed E-state index contributed by atoms with van der Waals surface area (Å²) >= 11 is 0. The molecule has 0 aromatic heterocycles. The van der Waals surface area contributed by atoms with E-state index < -0.39 is 12.0 Å². The molecule has 3 saturated heterocycles. The van der Waals surface area contributed by atoms with E-state index >= 15 is 0 Å². The lowest BCUT2D eigenvalue weighted by molar-refractivity contribution is -0.135. The Morgan fingerprint density at radius 1 is 1.22 bits per heavy atom. The molecule has 0 aliphatic carbocycles. The van der Waals surface area contributed by atoms with Crippen molar-refractivity contribution in [2.75, 3.05) is 32.7 Å². The SMILES string of the molecule is CC1CCCCN1CC1CCCN(C(=O)C2CC(F)(F)CN2)C1. The third-order valence-electron chi connectivity index (χ3n) is 5.67. The van der Waals surface area contributed by atoms with Gasteiger partial charge in [0.2, 0.25) is 5.91 Å². The van der Waals surface area contributed by atoms with Gasteiger partial charge >= 0.3 is 0 Å². The number of hydrogen-bond donors (Lipinski definition) is 1. The van der Waals surface area contributed by atoms with Crippen molar-refractivity contribution in [1.82, 2.24) is 15.1 Å². The van der Waals surface area contributed by atoms with E-state index in [4.69, 9.17) is 0 Å². The maximum absolute atomic E-state index is 13.3.